The summed E-state index contributed by atoms with van der Waals surface area (Å²) in [5.41, 5.74) is 2.24. The van der Waals surface area contributed by atoms with Gasteiger partial charge in [-0.25, -0.2) is 4.39 Å². The molecule has 3 nitrogen and oxygen atoms in total. The molecule has 0 spiro atoms. The fourth-order valence-electron chi connectivity index (χ4n) is 2.98. The maximum atomic E-state index is 13.9. The predicted octanol–water partition coefficient (Wildman–Crippen LogP) is 4.30. The van der Waals surface area contributed by atoms with Gasteiger partial charge in [-0.2, -0.15) is 0 Å². The summed E-state index contributed by atoms with van der Waals surface area (Å²) in [5, 5.41) is 3.20. The number of hydrogen-bond acceptors (Lipinski definition) is 2. The number of hydrogen-bond donors (Lipinski definition) is 1. The summed E-state index contributed by atoms with van der Waals surface area (Å²) in [7, 11) is 1.63. The number of aryl methyl sites for hydroxylation is 1. The van der Waals surface area contributed by atoms with E-state index < -0.39 is 11.7 Å². The number of carbonyl (C=O) groups excluding carboxylic acids is 1. The average Bonchev–Trinajstić information content (AvgIpc) is 2.54. The zero-order valence-corrected chi connectivity index (χ0v) is 13.5. The van der Waals surface area contributed by atoms with Gasteiger partial charge in [-0.05, 0) is 60.7 Å². The highest BCUT2D eigenvalue weighted by atomic mass is 35.5. The Bertz CT molecular complexity index is 748. The minimum absolute atomic E-state index is 0.00929. The zero-order chi connectivity index (χ0) is 16.4. The van der Waals surface area contributed by atoms with Gasteiger partial charge in [0.25, 0.3) is 5.91 Å². The van der Waals surface area contributed by atoms with E-state index in [0.29, 0.717) is 0 Å². The van der Waals surface area contributed by atoms with E-state index in [1.807, 2.05) is 18.2 Å². The van der Waals surface area contributed by atoms with Crippen LogP contribution in [0.5, 0.6) is 5.75 Å². The largest absolute Gasteiger partial charge is 0.497 e. The lowest BCUT2D eigenvalue weighted by Crippen LogP contribution is -2.31. The summed E-state index contributed by atoms with van der Waals surface area (Å²) >= 11 is 5.73. The molecule has 0 unspecified atom stereocenters. The van der Waals surface area contributed by atoms with Crippen LogP contribution in [0, 0.1) is 5.82 Å². The molecular weight excluding hydrogens is 317 g/mol. The van der Waals surface area contributed by atoms with Crippen molar-refractivity contribution in [3.8, 4) is 5.75 Å². The van der Waals surface area contributed by atoms with E-state index in [9.17, 15) is 9.18 Å². The highest BCUT2D eigenvalue weighted by Crippen LogP contribution is 2.32. The van der Waals surface area contributed by atoms with E-state index >= 15 is 0 Å². The van der Waals surface area contributed by atoms with E-state index in [2.05, 4.69) is 5.32 Å². The Balaban J connectivity index is 1.83. The average molecular weight is 334 g/mol. The molecule has 0 bridgehead atoms. The lowest BCUT2D eigenvalue weighted by atomic mass is 9.87. The van der Waals surface area contributed by atoms with Crippen molar-refractivity contribution < 1.29 is 13.9 Å². The molecule has 1 atom stereocenters. The van der Waals surface area contributed by atoms with Gasteiger partial charge in [-0.3, -0.25) is 4.79 Å². The Hall–Kier alpha value is -2.07. The Labute approximate surface area is 139 Å². The molecule has 3 rings (SSSR count). The van der Waals surface area contributed by atoms with Crippen LogP contribution in [0.25, 0.3) is 0 Å². The van der Waals surface area contributed by atoms with Gasteiger partial charge < -0.3 is 10.1 Å². The zero-order valence-electron chi connectivity index (χ0n) is 12.7. The quantitative estimate of drug-likeness (QED) is 0.909. The summed E-state index contributed by atoms with van der Waals surface area (Å²) in [6.45, 7) is 0. The van der Waals surface area contributed by atoms with Gasteiger partial charge >= 0.3 is 0 Å². The molecule has 5 heteroatoms. The summed E-state index contributed by atoms with van der Waals surface area (Å²) < 4.78 is 19.1. The maximum absolute atomic E-state index is 13.9. The van der Waals surface area contributed by atoms with Crippen LogP contribution in [0.4, 0.5) is 4.39 Å². The van der Waals surface area contributed by atoms with Gasteiger partial charge in [0.1, 0.15) is 11.6 Å². The van der Waals surface area contributed by atoms with Crippen molar-refractivity contribution in [2.45, 2.75) is 25.3 Å². The molecule has 0 radical (unpaired) electrons. The van der Waals surface area contributed by atoms with Crippen molar-refractivity contribution in [2.75, 3.05) is 7.11 Å². The summed E-state index contributed by atoms with van der Waals surface area (Å²) in [5.74, 6) is -0.229. The number of methoxy groups -OCH3 is 1. The number of amides is 1. The van der Waals surface area contributed by atoms with Crippen LogP contribution in [-0.4, -0.2) is 13.0 Å². The molecule has 0 aliphatic heterocycles. The minimum Gasteiger partial charge on any atom is -0.497 e. The first kappa shape index (κ1) is 15.8. The second-order valence-electron chi connectivity index (χ2n) is 5.61. The predicted molar refractivity (Wildman–Crippen MR) is 87.5 cm³/mol. The molecule has 1 amide bonds. The highest BCUT2D eigenvalue weighted by molar-refractivity contribution is 6.30. The number of halogens is 2. The van der Waals surface area contributed by atoms with Crippen molar-refractivity contribution in [3.05, 3.63) is 63.9 Å². The Morgan fingerprint density at radius 2 is 2.13 bits per heavy atom. The molecule has 1 aliphatic rings. The normalized spacial score (nSPS) is 16.6. The van der Waals surface area contributed by atoms with Crippen LogP contribution in [0.15, 0.2) is 36.4 Å². The summed E-state index contributed by atoms with van der Waals surface area (Å²) in [6.07, 6.45) is 2.75. The van der Waals surface area contributed by atoms with Gasteiger partial charge in [0, 0.05) is 5.02 Å². The summed E-state index contributed by atoms with van der Waals surface area (Å²) in [6, 6.07) is 9.80. The Morgan fingerprint density at radius 1 is 1.30 bits per heavy atom. The molecule has 23 heavy (non-hydrogen) atoms. The van der Waals surface area contributed by atoms with Crippen LogP contribution in [-0.2, 0) is 6.42 Å². The van der Waals surface area contributed by atoms with Crippen molar-refractivity contribution in [1.29, 1.82) is 0 Å². The molecule has 0 saturated heterocycles. The molecule has 1 N–H and O–H groups in total. The van der Waals surface area contributed by atoms with Gasteiger partial charge in [0.2, 0.25) is 0 Å². The Morgan fingerprint density at radius 3 is 2.87 bits per heavy atom. The lowest BCUT2D eigenvalue weighted by molar-refractivity contribution is 0.0928. The number of fused-ring (bicyclic) bond motifs is 1. The van der Waals surface area contributed by atoms with Crippen molar-refractivity contribution >= 4 is 17.5 Å². The SMILES string of the molecule is COc1ccc2c(c1)CCC[C@@H]2NC(=O)c1ccc(Cl)cc1F. The number of rotatable bonds is 3. The number of ether oxygens (including phenoxy) is 1. The smallest absolute Gasteiger partial charge is 0.254 e. The van der Waals surface area contributed by atoms with Crippen LogP contribution in [0.2, 0.25) is 5.02 Å². The van der Waals surface area contributed by atoms with E-state index in [1.54, 1.807) is 7.11 Å². The monoisotopic (exact) mass is 333 g/mol. The fourth-order valence-corrected chi connectivity index (χ4v) is 3.14. The standard InChI is InChI=1S/C18H17ClFNO2/c1-23-13-6-8-14-11(9-13)3-2-4-17(14)21-18(22)15-7-5-12(19)10-16(15)20/h5-10,17H,2-4H2,1H3,(H,21,22)/t17-/m0/s1. The molecule has 2 aromatic rings. The van der Waals surface area contributed by atoms with Crippen LogP contribution < -0.4 is 10.1 Å². The van der Waals surface area contributed by atoms with Crippen molar-refractivity contribution in [1.82, 2.24) is 5.32 Å². The minimum atomic E-state index is -0.610. The Kier molecular flexibility index (Phi) is 4.53. The van der Waals surface area contributed by atoms with Crippen LogP contribution >= 0.6 is 11.6 Å². The third kappa shape index (κ3) is 3.32. The van der Waals surface area contributed by atoms with E-state index in [-0.39, 0.29) is 16.6 Å². The van der Waals surface area contributed by atoms with E-state index in [4.69, 9.17) is 16.3 Å². The molecule has 2 aromatic carbocycles. The molecule has 0 saturated carbocycles. The second-order valence-corrected chi connectivity index (χ2v) is 6.04. The second kappa shape index (κ2) is 6.59. The van der Waals surface area contributed by atoms with Gasteiger partial charge in [0.05, 0.1) is 18.7 Å². The van der Waals surface area contributed by atoms with Gasteiger partial charge in [-0.15, -0.1) is 0 Å². The number of carbonyl (C=O) groups is 1. The molecule has 1 aliphatic carbocycles. The first-order valence-electron chi connectivity index (χ1n) is 7.51. The molecular formula is C18H17ClFNO2. The molecule has 0 aromatic heterocycles. The van der Waals surface area contributed by atoms with Crippen LogP contribution in [0.3, 0.4) is 0 Å². The molecule has 0 heterocycles. The first-order chi connectivity index (χ1) is 11.1. The van der Waals surface area contributed by atoms with E-state index in [0.717, 1.165) is 42.2 Å². The third-order valence-corrected chi connectivity index (χ3v) is 4.38. The first-order valence-corrected chi connectivity index (χ1v) is 7.89. The highest BCUT2D eigenvalue weighted by Gasteiger charge is 2.23. The maximum Gasteiger partial charge on any atom is 0.254 e. The van der Waals surface area contributed by atoms with Crippen molar-refractivity contribution in [2.24, 2.45) is 0 Å². The molecule has 0 fully saturated rings. The summed E-state index contributed by atoms with van der Waals surface area (Å²) in [4.78, 5) is 12.4. The molecule has 120 valence electrons. The third-order valence-electron chi connectivity index (χ3n) is 4.15. The lowest BCUT2D eigenvalue weighted by Gasteiger charge is -2.27. The fraction of sp³-hybridized carbons (Fsp3) is 0.278. The van der Waals surface area contributed by atoms with Gasteiger partial charge in [-0.1, -0.05) is 17.7 Å². The van der Waals surface area contributed by atoms with Gasteiger partial charge in [0.15, 0.2) is 0 Å². The van der Waals surface area contributed by atoms with Crippen LogP contribution in [0.1, 0.15) is 40.4 Å². The topological polar surface area (TPSA) is 38.3 Å². The number of benzene rings is 2. The van der Waals surface area contributed by atoms with Crippen molar-refractivity contribution in [3.63, 3.8) is 0 Å². The number of nitrogens with one attached hydrogen (secondary N) is 1. The van der Waals surface area contributed by atoms with E-state index in [1.165, 1.54) is 12.1 Å².